The third-order valence-corrected chi connectivity index (χ3v) is 7.14. The number of benzene rings is 4. The molecule has 0 unspecified atom stereocenters. The van der Waals surface area contributed by atoms with Crippen molar-refractivity contribution in [2.45, 2.75) is 58.3 Å². The summed E-state index contributed by atoms with van der Waals surface area (Å²) in [6.45, 7) is 2.88. The third kappa shape index (κ3) is 9.52. The van der Waals surface area contributed by atoms with E-state index in [2.05, 4.69) is 6.92 Å². The highest BCUT2D eigenvalue weighted by atomic mass is 16.6. The smallest absolute Gasteiger partial charge is 0.343 e. The molecule has 0 atom stereocenters. The minimum absolute atomic E-state index is 0.0283. The van der Waals surface area contributed by atoms with E-state index in [1.807, 2.05) is 0 Å². The molecule has 4 aromatic carbocycles. The second-order valence-corrected chi connectivity index (χ2v) is 10.5. The molecule has 8 heteroatoms. The van der Waals surface area contributed by atoms with Gasteiger partial charge in [-0.3, -0.25) is 10.1 Å². The molecule has 0 aromatic heterocycles. The fourth-order valence-electron chi connectivity index (χ4n) is 4.65. The standard InChI is InChI=1S/C36H37NO7/c1-2-3-4-5-6-7-8-11-26-42-31-22-16-28(17-23-31)35(38)43-32-24-18-29(19-25-32)36(39)44-34-13-10-9-12-33(34)27-14-20-30(21-15-27)37(40)41/h9-10,12-25H,2-8,11,26H2,1H3. The maximum atomic E-state index is 12.9. The maximum Gasteiger partial charge on any atom is 0.343 e. The number of esters is 2. The molecule has 4 rings (SSSR count). The lowest BCUT2D eigenvalue weighted by Gasteiger charge is -2.11. The van der Waals surface area contributed by atoms with Gasteiger partial charge >= 0.3 is 11.9 Å². The van der Waals surface area contributed by atoms with Crippen molar-refractivity contribution >= 4 is 17.6 Å². The fraction of sp³-hybridized carbons (Fsp3) is 0.278. The number of nitrogens with zero attached hydrogens (tertiary/aromatic N) is 1. The minimum Gasteiger partial charge on any atom is -0.494 e. The molecule has 0 spiro atoms. The molecule has 0 saturated carbocycles. The van der Waals surface area contributed by atoms with E-state index in [0.29, 0.717) is 34.8 Å². The third-order valence-electron chi connectivity index (χ3n) is 7.14. The molecule has 0 heterocycles. The Hall–Kier alpha value is -4.98. The van der Waals surface area contributed by atoms with Crippen molar-refractivity contribution in [3.8, 4) is 28.4 Å². The monoisotopic (exact) mass is 595 g/mol. The van der Waals surface area contributed by atoms with Gasteiger partial charge in [-0.2, -0.15) is 0 Å². The predicted octanol–water partition coefficient (Wildman–Crippen LogP) is 9.22. The zero-order valence-corrected chi connectivity index (χ0v) is 24.9. The van der Waals surface area contributed by atoms with E-state index in [9.17, 15) is 19.7 Å². The van der Waals surface area contributed by atoms with Crippen LogP contribution in [-0.4, -0.2) is 23.5 Å². The number of ether oxygens (including phenoxy) is 3. The molecule has 0 radical (unpaired) electrons. The topological polar surface area (TPSA) is 105 Å². The van der Waals surface area contributed by atoms with E-state index in [-0.39, 0.29) is 17.0 Å². The average Bonchev–Trinajstić information content (AvgIpc) is 3.05. The van der Waals surface area contributed by atoms with Crippen LogP contribution in [0, 0.1) is 10.1 Å². The van der Waals surface area contributed by atoms with E-state index in [0.717, 1.165) is 12.8 Å². The molecule has 0 fully saturated rings. The summed E-state index contributed by atoms with van der Waals surface area (Å²) in [7, 11) is 0. The summed E-state index contributed by atoms with van der Waals surface area (Å²) < 4.78 is 16.9. The Labute approximate surface area is 257 Å². The first-order valence-electron chi connectivity index (χ1n) is 15.1. The summed E-state index contributed by atoms with van der Waals surface area (Å²) in [4.78, 5) is 36.0. The van der Waals surface area contributed by atoms with Crippen LogP contribution in [0.2, 0.25) is 0 Å². The zero-order chi connectivity index (χ0) is 31.1. The summed E-state index contributed by atoms with van der Waals surface area (Å²) in [6, 6.07) is 25.9. The highest BCUT2D eigenvalue weighted by Crippen LogP contribution is 2.31. The SMILES string of the molecule is CCCCCCCCCCOc1ccc(C(=O)Oc2ccc(C(=O)Oc3ccccc3-c3ccc([N+](=O)[O-])cc3)cc2)cc1. The summed E-state index contributed by atoms with van der Waals surface area (Å²) in [5, 5.41) is 11.0. The molecule has 8 nitrogen and oxygen atoms in total. The first-order valence-corrected chi connectivity index (χ1v) is 15.1. The maximum absolute atomic E-state index is 12.9. The van der Waals surface area contributed by atoms with Crippen LogP contribution >= 0.6 is 0 Å². The molecule has 44 heavy (non-hydrogen) atoms. The van der Waals surface area contributed by atoms with Gasteiger partial charge in [-0.25, -0.2) is 9.59 Å². The van der Waals surface area contributed by atoms with Crippen molar-refractivity contribution in [1.29, 1.82) is 0 Å². The summed E-state index contributed by atoms with van der Waals surface area (Å²) in [5.74, 6) is 0.189. The molecule has 0 aliphatic rings. The van der Waals surface area contributed by atoms with Gasteiger partial charge in [-0.15, -0.1) is 0 Å². The van der Waals surface area contributed by atoms with E-state index >= 15 is 0 Å². The second kappa shape index (κ2) is 16.6. The lowest BCUT2D eigenvalue weighted by Crippen LogP contribution is -2.10. The molecular weight excluding hydrogens is 558 g/mol. The number of hydrogen-bond donors (Lipinski definition) is 0. The molecule has 0 aliphatic carbocycles. The van der Waals surface area contributed by atoms with Crippen molar-refractivity contribution in [2.24, 2.45) is 0 Å². The van der Waals surface area contributed by atoms with Crippen LogP contribution in [0.4, 0.5) is 5.69 Å². The van der Waals surface area contributed by atoms with Crippen LogP contribution < -0.4 is 14.2 Å². The van der Waals surface area contributed by atoms with E-state index < -0.39 is 16.9 Å². The highest BCUT2D eigenvalue weighted by Gasteiger charge is 2.15. The van der Waals surface area contributed by atoms with Crippen LogP contribution in [0.3, 0.4) is 0 Å². The van der Waals surface area contributed by atoms with Crippen LogP contribution in [0.15, 0.2) is 97.1 Å². The van der Waals surface area contributed by atoms with Crippen LogP contribution in [0.25, 0.3) is 11.1 Å². The van der Waals surface area contributed by atoms with Gasteiger partial charge in [0.1, 0.15) is 17.2 Å². The van der Waals surface area contributed by atoms with Gasteiger partial charge in [-0.1, -0.05) is 70.1 Å². The largest absolute Gasteiger partial charge is 0.494 e. The molecule has 0 saturated heterocycles. The van der Waals surface area contributed by atoms with Gasteiger partial charge in [0.25, 0.3) is 5.69 Å². The van der Waals surface area contributed by atoms with Crippen LogP contribution in [0.5, 0.6) is 17.2 Å². The van der Waals surface area contributed by atoms with Gasteiger partial charge in [0.15, 0.2) is 0 Å². The summed E-state index contributed by atoms with van der Waals surface area (Å²) in [5.41, 5.74) is 1.91. The van der Waals surface area contributed by atoms with E-state index in [1.54, 1.807) is 60.7 Å². The summed E-state index contributed by atoms with van der Waals surface area (Å²) in [6.07, 6.45) is 9.90. The normalized spacial score (nSPS) is 10.7. The number of para-hydroxylation sites is 1. The number of carbonyl (C=O) groups is 2. The molecule has 0 amide bonds. The van der Waals surface area contributed by atoms with Crippen LogP contribution in [-0.2, 0) is 0 Å². The average molecular weight is 596 g/mol. The Bertz CT molecular complexity index is 1510. The fourth-order valence-corrected chi connectivity index (χ4v) is 4.65. The van der Waals surface area contributed by atoms with E-state index in [1.165, 1.54) is 74.9 Å². The van der Waals surface area contributed by atoms with Crippen molar-refractivity contribution in [1.82, 2.24) is 0 Å². The zero-order valence-electron chi connectivity index (χ0n) is 24.9. The second-order valence-electron chi connectivity index (χ2n) is 10.5. The molecule has 228 valence electrons. The number of carbonyl (C=O) groups excluding carboxylic acids is 2. The molecule has 0 aliphatic heterocycles. The molecule has 4 aromatic rings. The van der Waals surface area contributed by atoms with Crippen molar-refractivity contribution in [2.75, 3.05) is 6.61 Å². The number of hydrogen-bond acceptors (Lipinski definition) is 7. The Balaban J connectivity index is 1.25. The van der Waals surface area contributed by atoms with Crippen molar-refractivity contribution in [3.05, 3.63) is 118 Å². The molecule has 0 N–H and O–H groups in total. The highest BCUT2D eigenvalue weighted by molar-refractivity contribution is 5.93. The molecule has 0 bridgehead atoms. The quantitative estimate of drug-likeness (QED) is 0.0418. The summed E-state index contributed by atoms with van der Waals surface area (Å²) >= 11 is 0. The Kier molecular flexibility index (Phi) is 12.1. The Morgan fingerprint density at radius 1 is 0.636 bits per heavy atom. The first kappa shape index (κ1) is 31.9. The Morgan fingerprint density at radius 3 is 1.80 bits per heavy atom. The lowest BCUT2D eigenvalue weighted by molar-refractivity contribution is -0.384. The van der Waals surface area contributed by atoms with Gasteiger partial charge < -0.3 is 14.2 Å². The number of nitro benzene ring substituents is 1. The number of rotatable bonds is 16. The van der Waals surface area contributed by atoms with Gasteiger partial charge in [0, 0.05) is 17.7 Å². The lowest BCUT2D eigenvalue weighted by atomic mass is 10.0. The number of nitro groups is 1. The van der Waals surface area contributed by atoms with Gasteiger partial charge in [0.05, 0.1) is 22.7 Å². The number of unbranched alkanes of at least 4 members (excludes halogenated alkanes) is 7. The van der Waals surface area contributed by atoms with E-state index in [4.69, 9.17) is 14.2 Å². The molecular formula is C36H37NO7. The van der Waals surface area contributed by atoms with Crippen molar-refractivity contribution in [3.63, 3.8) is 0 Å². The van der Waals surface area contributed by atoms with Gasteiger partial charge in [0.2, 0.25) is 0 Å². The van der Waals surface area contributed by atoms with Crippen LogP contribution in [0.1, 0.15) is 79.0 Å². The van der Waals surface area contributed by atoms with Gasteiger partial charge in [-0.05, 0) is 78.7 Å². The first-order chi connectivity index (χ1) is 21.4. The van der Waals surface area contributed by atoms with Crippen molar-refractivity contribution < 1.29 is 28.7 Å². The minimum atomic E-state index is -0.597. The Morgan fingerprint density at radius 2 is 1.18 bits per heavy atom. The number of non-ortho nitro benzene ring substituents is 1. The predicted molar refractivity (Wildman–Crippen MR) is 169 cm³/mol.